The Kier molecular flexibility index (Phi) is 8.40. The second-order valence-electron chi connectivity index (χ2n) is 5.68. The number of benzene rings is 1. The van der Waals surface area contributed by atoms with Crippen LogP contribution in [-0.2, 0) is 6.42 Å². The van der Waals surface area contributed by atoms with E-state index in [0.29, 0.717) is 12.5 Å². The summed E-state index contributed by atoms with van der Waals surface area (Å²) in [6.45, 7) is 3.83. The number of aliphatic imine (C=N–C) groups is 1. The fourth-order valence-corrected chi connectivity index (χ4v) is 3.58. The number of nitrogens with one attached hydrogen (secondary N) is 2. The summed E-state index contributed by atoms with van der Waals surface area (Å²) in [5.41, 5.74) is 0. The van der Waals surface area contributed by atoms with E-state index in [1.807, 2.05) is 37.3 Å². The summed E-state index contributed by atoms with van der Waals surface area (Å²) in [5, 5.41) is 18.1. The number of furan rings is 1. The molecular weight excluding hydrogens is 461 g/mol. The van der Waals surface area contributed by atoms with Crippen LogP contribution in [-0.4, -0.2) is 30.7 Å². The Bertz CT molecular complexity index is 784. The van der Waals surface area contributed by atoms with Crippen molar-refractivity contribution < 1.29 is 9.52 Å². The maximum atomic E-state index is 10.4. The molecule has 0 fully saturated rings. The van der Waals surface area contributed by atoms with Crippen molar-refractivity contribution in [1.29, 1.82) is 0 Å². The maximum absolute atomic E-state index is 10.4. The van der Waals surface area contributed by atoms with Crippen LogP contribution in [0.2, 0.25) is 0 Å². The molecule has 1 unspecified atom stereocenters. The van der Waals surface area contributed by atoms with E-state index < -0.39 is 6.10 Å². The number of aliphatic hydroxyl groups excluding tert-OH is 1. The third-order valence-electron chi connectivity index (χ3n) is 3.78. The Morgan fingerprint density at radius 2 is 2.08 bits per heavy atom. The zero-order valence-electron chi connectivity index (χ0n) is 14.6. The minimum Gasteiger partial charge on any atom is -0.469 e. The topological polar surface area (TPSA) is 69.8 Å². The molecule has 26 heavy (non-hydrogen) atoms. The highest BCUT2D eigenvalue weighted by Crippen LogP contribution is 2.29. The van der Waals surface area contributed by atoms with Crippen molar-refractivity contribution in [3.05, 3.63) is 59.4 Å². The molecule has 0 spiro atoms. The van der Waals surface area contributed by atoms with Gasteiger partial charge in [0.05, 0.1) is 12.8 Å². The van der Waals surface area contributed by atoms with Crippen LogP contribution in [0.1, 0.15) is 23.7 Å². The molecular formula is C19H24IN3O2S. The van der Waals surface area contributed by atoms with E-state index in [-0.39, 0.29) is 24.0 Å². The summed E-state index contributed by atoms with van der Waals surface area (Å²) in [5.74, 6) is 1.64. The van der Waals surface area contributed by atoms with Crippen LogP contribution in [0.4, 0.5) is 0 Å². The van der Waals surface area contributed by atoms with Gasteiger partial charge in [0.1, 0.15) is 11.9 Å². The molecule has 1 aromatic carbocycles. The number of fused-ring (bicyclic) bond motifs is 1. The average molecular weight is 485 g/mol. The molecule has 3 aromatic rings. The number of hydrogen-bond donors (Lipinski definition) is 3. The van der Waals surface area contributed by atoms with Crippen LogP contribution in [0.25, 0.3) is 10.1 Å². The second kappa shape index (κ2) is 10.5. The van der Waals surface area contributed by atoms with Crippen molar-refractivity contribution in [2.45, 2.75) is 19.4 Å². The normalized spacial score (nSPS) is 12.6. The number of nitrogens with zero attached hydrogens (tertiary/aromatic N) is 1. The van der Waals surface area contributed by atoms with Crippen molar-refractivity contribution in [1.82, 2.24) is 10.6 Å². The Morgan fingerprint density at radius 1 is 1.23 bits per heavy atom. The summed E-state index contributed by atoms with van der Waals surface area (Å²) in [6.07, 6.45) is 1.87. The van der Waals surface area contributed by atoms with E-state index in [0.717, 1.165) is 35.5 Å². The van der Waals surface area contributed by atoms with Crippen LogP contribution < -0.4 is 10.6 Å². The molecule has 3 N–H and O–H groups in total. The first-order valence-electron chi connectivity index (χ1n) is 8.47. The molecule has 140 valence electrons. The quantitative estimate of drug-likeness (QED) is 0.270. The SMILES string of the molecule is CCNC(=NCC(O)c1cc2ccccc2s1)NCCc1ccco1.I. The fraction of sp³-hybridized carbons (Fsp3) is 0.316. The van der Waals surface area contributed by atoms with Crippen LogP contribution in [0, 0.1) is 0 Å². The molecule has 0 bridgehead atoms. The number of aliphatic hydroxyl groups is 1. The molecule has 0 saturated carbocycles. The van der Waals surface area contributed by atoms with Crippen molar-refractivity contribution >= 4 is 51.4 Å². The highest BCUT2D eigenvalue weighted by molar-refractivity contribution is 14.0. The van der Waals surface area contributed by atoms with E-state index in [9.17, 15) is 5.11 Å². The van der Waals surface area contributed by atoms with Gasteiger partial charge in [-0.3, -0.25) is 4.99 Å². The largest absolute Gasteiger partial charge is 0.469 e. The lowest BCUT2D eigenvalue weighted by molar-refractivity contribution is 0.191. The van der Waals surface area contributed by atoms with Gasteiger partial charge in [-0.15, -0.1) is 35.3 Å². The van der Waals surface area contributed by atoms with Gasteiger partial charge in [-0.05, 0) is 36.6 Å². The predicted molar refractivity (Wildman–Crippen MR) is 119 cm³/mol. The molecule has 0 aliphatic rings. The highest BCUT2D eigenvalue weighted by atomic mass is 127. The molecule has 0 aliphatic heterocycles. The lowest BCUT2D eigenvalue weighted by atomic mass is 10.2. The fourth-order valence-electron chi connectivity index (χ4n) is 2.54. The van der Waals surface area contributed by atoms with Gasteiger partial charge in [0.15, 0.2) is 5.96 Å². The maximum Gasteiger partial charge on any atom is 0.191 e. The Morgan fingerprint density at radius 3 is 2.81 bits per heavy atom. The Balaban J connectivity index is 0.00000243. The van der Waals surface area contributed by atoms with Crippen molar-refractivity contribution in [3.63, 3.8) is 0 Å². The smallest absolute Gasteiger partial charge is 0.191 e. The molecule has 2 aromatic heterocycles. The van der Waals surface area contributed by atoms with Gasteiger partial charge >= 0.3 is 0 Å². The van der Waals surface area contributed by atoms with Crippen LogP contribution >= 0.6 is 35.3 Å². The summed E-state index contributed by atoms with van der Waals surface area (Å²) < 4.78 is 6.51. The van der Waals surface area contributed by atoms with Gasteiger partial charge in [0.2, 0.25) is 0 Å². The number of hydrogen-bond acceptors (Lipinski definition) is 4. The molecule has 1 atom stereocenters. The number of thiophene rings is 1. The first-order valence-corrected chi connectivity index (χ1v) is 9.29. The van der Waals surface area contributed by atoms with Crippen molar-refractivity contribution in [2.75, 3.05) is 19.6 Å². The van der Waals surface area contributed by atoms with Crippen LogP contribution in [0.3, 0.4) is 0 Å². The van der Waals surface area contributed by atoms with Crippen molar-refractivity contribution in [2.24, 2.45) is 4.99 Å². The molecule has 5 nitrogen and oxygen atoms in total. The minimum atomic E-state index is -0.599. The molecule has 2 heterocycles. The third-order valence-corrected chi connectivity index (χ3v) is 5.00. The van der Waals surface area contributed by atoms with Gasteiger partial charge in [-0.1, -0.05) is 18.2 Å². The average Bonchev–Trinajstić information content (AvgIpc) is 3.28. The molecule has 7 heteroatoms. The summed E-state index contributed by atoms with van der Waals surface area (Å²) >= 11 is 1.61. The van der Waals surface area contributed by atoms with Gasteiger partial charge in [0, 0.05) is 29.1 Å². The van der Waals surface area contributed by atoms with Crippen LogP contribution in [0.5, 0.6) is 0 Å². The van der Waals surface area contributed by atoms with E-state index in [4.69, 9.17) is 4.42 Å². The summed E-state index contributed by atoms with van der Waals surface area (Å²) in [4.78, 5) is 5.44. The van der Waals surface area contributed by atoms with E-state index in [1.165, 1.54) is 4.70 Å². The first kappa shape index (κ1) is 20.7. The summed E-state index contributed by atoms with van der Waals surface area (Å²) in [7, 11) is 0. The molecule has 0 amide bonds. The van der Waals surface area contributed by atoms with E-state index in [1.54, 1.807) is 17.6 Å². The van der Waals surface area contributed by atoms with Gasteiger partial charge in [-0.25, -0.2) is 0 Å². The van der Waals surface area contributed by atoms with Gasteiger partial charge in [-0.2, -0.15) is 0 Å². The molecule has 0 aliphatic carbocycles. The summed E-state index contributed by atoms with van der Waals surface area (Å²) in [6, 6.07) is 14.0. The third kappa shape index (κ3) is 5.72. The predicted octanol–water partition coefficient (Wildman–Crippen LogP) is 3.94. The lowest BCUT2D eigenvalue weighted by Gasteiger charge is -2.12. The molecule has 0 saturated heterocycles. The lowest BCUT2D eigenvalue weighted by Crippen LogP contribution is -2.38. The minimum absolute atomic E-state index is 0. The zero-order chi connectivity index (χ0) is 17.5. The van der Waals surface area contributed by atoms with E-state index >= 15 is 0 Å². The monoisotopic (exact) mass is 485 g/mol. The van der Waals surface area contributed by atoms with E-state index in [2.05, 4.69) is 27.8 Å². The van der Waals surface area contributed by atoms with Crippen LogP contribution in [0.15, 0.2) is 58.1 Å². The number of halogens is 1. The second-order valence-corrected chi connectivity index (χ2v) is 6.79. The van der Waals surface area contributed by atoms with Gasteiger partial charge < -0.3 is 20.2 Å². The number of guanidine groups is 1. The zero-order valence-corrected chi connectivity index (χ0v) is 17.8. The first-order chi connectivity index (χ1) is 12.3. The highest BCUT2D eigenvalue weighted by Gasteiger charge is 2.11. The van der Waals surface area contributed by atoms with Gasteiger partial charge in [0.25, 0.3) is 0 Å². The molecule has 3 rings (SSSR count). The molecule has 0 radical (unpaired) electrons. The Hall–Kier alpha value is -1.58. The standard InChI is InChI=1S/C19H23N3O2S.HI/c1-2-20-19(21-10-9-15-7-5-11-24-15)22-13-16(23)18-12-14-6-3-4-8-17(14)25-18;/h3-8,11-12,16,23H,2,9-10,13H2,1H3,(H2,20,21,22);1H. The Labute approximate surface area is 174 Å². The number of rotatable bonds is 7. The van der Waals surface area contributed by atoms with Crippen molar-refractivity contribution in [3.8, 4) is 0 Å².